The summed E-state index contributed by atoms with van der Waals surface area (Å²) in [7, 11) is -3.70. The van der Waals surface area contributed by atoms with Crippen LogP contribution in [0.1, 0.15) is 26.2 Å². The van der Waals surface area contributed by atoms with Crippen LogP contribution in [0.25, 0.3) is 0 Å². The molecule has 0 fully saturated rings. The van der Waals surface area contributed by atoms with Gasteiger partial charge in [0, 0.05) is 6.16 Å². The molecule has 0 unspecified atom stereocenters. The summed E-state index contributed by atoms with van der Waals surface area (Å²) in [5, 5.41) is 0. The van der Waals surface area contributed by atoms with Crippen molar-refractivity contribution >= 4 is 71.3 Å². The van der Waals surface area contributed by atoms with Crippen LogP contribution in [0.5, 0.6) is 0 Å². The standard InChI is InChI=1S/2C6H9N3.C5H13O3P.Na.H/c2*7-4-2-1-3-5(8)6(4)9;1-2-3-4-5-9(6,7)8;;/h2*1-3H,7-9H2;2-5H2,1H3,(H2,6,7,8);;. The van der Waals surface area contributed by atoms with Crippen molar-refractivity contribution in [2.24, 2.45) is 0 Å². The number of para-hydroxylation sites is 2. The summed E-state index contributed by atoms with van der Waals surface area (Å²) in [5.41, 5.74) is 35.6. The van der Waals surface area contributed by atoms with Gasteiger partial charge in [-0.15, -0.1) is 0 Å². The van der Waals surface area contributed by atoms with Gasteiger partial charge in [0.1, 0.15) is 0 Å². The van der Waals surface area contributed by atoms with Gasteiger partial charge in [-0.25, -0.2) is 0 Å². The number of nitrogens with two attached hydrogens (primary N) is 6. The second-order valence-electron chi connectivity index (χ2n) is 5.80. The zero-order valence-electron chi connectivity index (χ0n) is 15.5. The van der Waals surface area contributed by atoms with E-state index < -0.39 is 7.60 Å². The van der Waals surface area contributed by atoms with Crippen molar-refractivity contribution in [2.75, 3.05) is 40.6 Å². The maximum atomic E-state index is 10.2. The third kappa shape index (κ3) is 12.7. The van der Waals surface area contributed by atoms with Crippen LogP contribution in [0.4, 0.5) is 34.1 Å². The van der Waals surface area contributed by atoms with E-state index in [2.05, 4.69) is 0 Å². The molecule has 0 aliphatic heterocycles. The summed E-state index contributed by atoms with van der Waals surface area (Å²) in [5.74, 6) is 0. The Hall–Kier alpha value is -1.61. The molecular weight excluding hydrogens is 390 g/mol. The molecule has 14 N–H and O–H groups in total. The Bertz CT molecular complexity index is 668. The Kier molecular flexibility index (Phi) is 14.7. The van der Waals surface area contributed by atoms with Gasteiger partial charge in [0.2, 0.25) is 0 Å². The molecule has 2 rings (SSSR count). The first-order chi connectivity index (χ1) is 12.5. The molecule has 154 valence electrons. The normalized spacial score (nSPS) is 9.82. The van der Waals surface area contributed by atoms with E-state index in [1.165, 1.54) is 0 Å². The van der Waals surface area contributed by atoms with E-state index >= 15 is 0 Å². The van der Waals surface area contributed by atoms with Gasteiger partial charge in [-0.05, 0) is 30.7 Å². The van der Waals surface area contributed by atoms with Gasteiger partial charge in [-0.2, -0.15) is 0 Å². The van der Waals surface area contributed by atoms with E-state index in [4.69, 9.17) is 44.2 Å². The quantitative estimate of drug-likeness (QED) is 0.155. The number of hydrogen-bond acceptors (Lipinski definition) is 7. The Morgan fingerprint density at radius 3 is 1.29 bits per heavy atom. The van der Waals surface area contributed by atoms with E-state index in [0.29, 0.717) is 40.5 Å². The van der Waals surface area contributed by atoms with E-state index in [9.17, 15) is 4.57 Å². The summed E-state index contributed by atoms with van der Waals surface area (Å²) in [6, 6.07) is 10.4. The number of hydrogen-bond donors (Lipinski definition) is 8. The molecule has 2 aromatic rings. The average Bonchev–Trinajstić information content (AvgIpc) is 2.58. The fraction of sp³-hybridized carbons (Fsp3) is 0.294. The zero-order valence-corrected chi connectivity index (χ0v) is 16.4. The van der Waals surface area contributed by atoms with Crippen molar-refractivity contribution in [2.45, 2.75) is 26.2 Å². The predicted molar refractivity (Wildman–Crippen MR) is 123 cm³/mol. The summed E-state index contributed by atoms with van der Waals surface area (Å²) in [4.78, 5) is 16.7. The maximum absolute atomic E-state index is 10.2. The van der Waals surface area contributed by atoms with E-state index in [1.807, 2.05) is 6.92 Å². The Morgan fingerprint density at radius 2 is 1.07 bits per heavy atom. The first-order valence-electron chi connectivity index (χ1n) is 8.33. The van der Waals surface area contributed by atoms with Crippen LogP contribution in [0.2, 0.25) is 0 Å². The topological polar surface area (TPSA) is 214 Å². The summed E-state index contributed by atoms with van der Waals surface area (Å²) >= 11 is 0. The molecule has 0 radical (unpaired) electrons. The minimum atomic E-state index is -3.70. The molecule has 0 heterocycles. The molecule has 2 aromatic carbocycles. The SMILES string of the molecule is CCCCCP(=O)(O)O.Nc1cccc(N)c1N.Nc1cccc(N)c1N.[NaH]. The van der Waals surface area contributed by atoms with E-state index in [0.717, 1.165) is 12.8 Å². The van der Waals surface area contributed by atoms with Crippen molar-refractivity contribution in [1.29, 1.82) is 0 Å². The van der Waals surface area contributed by atoms with Crippen molar-refractivity contribution < 1.29 is 14.4 Å². The molecule has 0 aromatic heterocycles. The van der Waals surface area contributed by atoms with Gasteiger partial charge in [-0.3, -0.25) is 4.57 Å². The monoisotopic (exact) mass is 422 g/mol. The van der Waals surface area contributed by atoms with Crippen LogP contribution in [0.3, 0.4) is 0 Å². The van der Waals surface area contributed by atoms with Crippen LogP contribution >= 0.6 is 7.60 Å². The molecule has 0 amide bonds. The van der Waals surface area contributed by atoms with Gasteiger partial charge in [-0.1, -0.05) is 31.9 Å². The molecule has 0 bridgehead atoms. The summed E-state index contributed by atoms with van der Waals surface area (Å²) < 4.78 is 10.2. The number of benzene rings is 2. The third-order valence-corrected chi connectivity index (χ3v) is 4.30. The third-order valence-electron chi connectivity index (χ3n) is 3.40. The molecule has 0 saturated carbocycles. The Morgan fingerprint density at radius 1 is 0.750 bits per heavy atom. The van der Waals surface area contributed by atoms with Crippen LogP contribution in [0, 0.1) is 0 Å². The number of unbranched alkanes of at least 4 members (excludes halogenated alkanes) is 2. The molecule has 9 nitrogen and oxygen atoms in total. The molecule has 0 aliphatic carbocycles. The average molecular weight is 422 g/mol. The number of rotatable bonds is 4. The number of nitrogen functional groups attached to an aromatic ring is 6. The summed E-state index contributed by atoms with van der Waals surface area (Å²) in [6.07, 6.45) is 2.59. The van der Waals surface area contributed by atoms with Gasteiger partial charge >= 0.3 is 37.2 Å². The molecule has 0 atom stereocenters. The van der Waals surface area contributed by atoms with Crippen LogP contribution < -0.4 is 34.4 Å². The van der Waals surface area contributed by atoms with Crippen molar-refractivity contribution in [1.82, 2.24) is 0 Å². The summed E-state index contributed by atoms with van der Waals surface area (Å²) in [6.45, 7) is 2.00. The second kappa shape index (κ2) is 14.4. The first-order valence-corrected chi connectivity index (χ1v) is 10.1. The fourth-order valence-electron chi connectivity index (χ4n) is 1.77. The van der Waals surface area contributed by atoms with Crippen molar-refractivity contribution in [3.05, 3.63) is 36.4 Å². The van der Waals surface area contributed by atoms with Gasteiger partial charge in [0.15, 0.2) is 0 Å². The Labute approximate surface area is 188 Å². The fourth-order valence-corrected chi connectivity index (χ4v) is 2.41. The van der Waals surface area contributed by atoms with Crippen molar-refractivity contribution in [3.8, 4) is 0 Å². The van der Waals surface area contributed by atoms with Crippen LogP contribution in [0.15, 0.2) is 36.4 Å². The molecule has 0 spiro atoms. The zero-order chi connectivity index (χ0) is 21.0. The molecule has 0 aliphatic rings. The van der Waals surface area contributed by atoms with Crippen LogP contribution in [-0.4, -0.2) is 45.5 Å². The first kappa shape index (κ1) is 28.6. The van der Waals surface area contributed by atoms with Crippen LogP contribution in [-0.2, 0) is 4.57 Å². The molecular formula is C17H32N6NaO3P. The minimum absolute atomic E-state index is 0. The van der Waals surface area contributed by atoms with Gasteiger partial charge < -0.3 is 44.2 Å². The molecule has 0 saturated heterocycles. The Balaban J connectivity index is 0. The van der Waals surface area contributed by atoms with Gasteiger partial charge in [0.05, 0.1) is 34.1 Å². The number of anilines is 6. The van der Waals surface area contributed by atoms with Gasteiger partial charge in [0.25, 0.3) is 0 Å². The van der Waals surface area contributed by atoms with E-state index in [1.54, 1.807) is 36.4 Å². The van der Waals surface area contributed by atoms with E-state index in [-0.39, 0.29) is 35.7 Å². The molecule has 28 heavy (non-hydrogen) atoms. The van der Waals surface area contributed by atoms with Crippen molar-refractivity contribution in [3.63, 3.8) is 0 Å². The predicted octanol–water partition coefficient (Wildman–Crippen LogP) is 1.57. The second-order valence-corrected chi connectivity index (χ2v) is 7.57. The molecule has 11 heteroatoms.